The highest BCUT2D eigenvalue weighted by Gasteiger charge is 2.63. The van der Waals surface area contributed by atoms with Gasteiger partial charge >= 0.3 is 6.09 Å². The van der Waals surface area contributed by atoms with Crippen molar-refractivity contribution in [3.63, 3.8) is 0 Å². The second kappa shape index (κ2) is 19.2. The molecule has 3 aromatic rings. The number of morpholine rings is 1. The monoisotopic (exact) mass is 985 g/mol. The Morgan fingerprint density at radius 3 is 2.43 bits per heavy atom. The van der Waals surface area contributed by atoms with Crippen LogP contribution in [0.1, 0.15) is 106 Å². The van der Waals surface area contributed by atoms with E-state index in [9.17, 15) is 22.8 Å². The Bertz CT molecular complexity index is 2490. The Hall–Kier alpha value is -4.30. The van der Waals surface area contributed by atoms with Gasteiger partial charge in [0.1, 0.15) is 63.2 Å². The normalized spacial score (nSPS) is 26.1. The summed E-state index contributed by atoms with van der Waals surface area (Å²) in [5.74, 6) is -1.51. The second-order valence-electron chi connectivity index (χ2n) is 19.9. The molecular weight excluding hydrogens is 922 g/mol. The number of nitrogens with one attached hydrogen (secondary N) is 2. The summed E-state index contributed by atoms with van der Waals surface area (Å²) in [7, 11) is -3.91. The number of pyridine rings is 1. The smallest absolute Gasteiger partial charge is 0.411 e. The highest BCUT2D eigenvalue weighted by Crippen LogP contribution is 2.48. The summed E-state index contributed by atoms with van der Waals surface area (Å²) in [6.45, 7) is 19.1. The highest BCUT2D eigenvalue weighted by atomic mass is 35.5. The van der Waals surface area contributed by atoms with Crippen LogP contribution in [0.2, 0.25) is 5.02 Å². The molecule has 5 aliphatic rings. The van der Waals surface area contributed by atoms with E-state index in [1.165, 1.54) is 21.1 Å². The van der Waals surface area contributed by atoms with Crippen LogP contribution >= 0.6 is 22.9 Å². The third-order valence-electron chi connectivity index (χ3n) is 13.7. The van der Waals surface area contributed by atoms with Crippen LogP contribution in [0.4, 0.5) is 4.79 Å². The molecule has 20 heteroatoms. The highest BCUT2D eigenvalue weighted by molar-refractivity contribution is 7.91. The number of ether oxygens (including phenoxy) is 4. The molecule has 2 N–H and O–H groups in total. The summed E-state index contributed by atoms with van der Waals surface area (Å²) < 4.78 is 52.9. The van der Waals surface area contributed by atoms with Gasteiger partial charge in [-0.05, 0) is 69.9 Å². The molecule has 2 saturated carbocycles. The molecule has 7 atom stereocenters. The first-order valence-electron chi connectivity index (χ1n) is 23.6. The number of thiazole rings is 1. The van der Waals surface area contributed by atoms with Crippen LogP contribution in [-0.2, 0) is 33.9 Å². The van der Waals surface area contributed by atoms with Crippen molar-refractivity contribution in [1.82, 2.24) is 34.7 Å². The van der Waals surface area contributed by atoms with Gasteiger partial charge in [0, 0.05) is 49.4 Å². The van der Waals surface area contributed by atoms with Gasteiger partial charge in [0.15, 0.2) is 0 Å². The number of sulfonamides is 1. The first-order chi connectivity index (χ1) is 31.7. The number of hydrogen-bond donors (Lipinski definition) is 2. The van der Waals surface area contributed by atoms with Crippen molar-refractivity contribution in [3.8, 4) is 22.2 Å². The van der Waals surface area contributed by atoms with Gasteiger partial charge in [0.2, 0.25) is 21.8 Å². The van der Waals surface area contributed by atoms with Crippen molar-refractivity contribution in [3.05, 3.63) is 34.3 Å². The van der Waals surface area contributed by atoms with Gasteiger partial charge in [0.05, 0.1) is 35.7 Å². The van der Waals surface area contributed by atoms with Gasteiger partial charge in [0.25, 0.3) is 5.91 Å². The van der Waals surface area contributed by atoms with E-state index in [1.807, 2.05) is 32.2 Å². The molecule has 1 aromatic carbocycles. The Morgan fingerprint density at radius 2 is 1.81 bits per heavy atom. The Morgan fingerprint density at radius 1 is 1.07 bits per heavy atom. The summed E-state index contributed by atoms with van der Waals surface area (Å²) in [5.41, 5.74) is -0.542. The molecule has 5 heterocycles. The summed E-state index contributed by atoms with van der Waals surface area (Å²) in [6.07, 6.45) is 0.667. The van der Waals surface area contributed by atoms with E-state index < -0.39 is 74.5 Å². The van der Waals surface area contributed by atoms with Crippen LogP contribution in [0.25, 0.3) is 21.6 Å². The van der Waals surface area contributed by atoms with Gasteiger partial charge in [-0.3, -0.25) is 28.9 Å². The minimum absolute atomic E-state index is 0.0170. The molecule has 2 aliphatic carbocycles. The van der Waals surface area contributed by atoms with E-state index in [-0.39, 0.29) is 42.2 Å². The van der Waals surface area contributed by atoms with Crippen LogP contribution in [0.15, 0.2) is 23.6 Å². The van der Waals surface area contributed by atoms with Crippen molar-refractivity contribution in [1.29, 1.82) is 0 Å². The van der Waals surface area contributed by atoms with Crippen molar-refractivity contribution >= 4 is 67.7 Å². The fourth-order valence-corrected chi connectivity index (χ4v) is 12.0. The van der Waals surface area contributed by atoms with Crippen molar-refractivity contribution in [2.75, 3.05) is 46.0 Å². The van der Waals surface area contributed by atoms with Crippen molar-refractivity contribution in [2.24, 2.45) is 11.8 Å². The number of halogens is 1. The average molecular weight is 987 g/mol. The quantitative estimate of drug-likeness (QED) is 0.167. The largest absolute Gasteiger partial charge is 0.491 e. The van der Waals surface area contributed by atoms with Crippen LogP contribution in [0.3, 0.4) is 0 Å². The van der Waals surface area contributed by atoms with E-state index in [0.29, 0.717) is 85.2 Å². The molecule has 67 heavy (non-hydrogen) atoms. The molecule has 0 spiro atoms. The standard InChI is InChI=1S/C47H64ClN7O10S2/c1-9-27(5)40-43(57)55-33(41(56)51-47(23-28(47)10-2)44(58)52-67(60,61)29-11-12-29)22-37(34(55)24-54(40)45(59)65-46(6,7)8)64-36-21-31(42-50-32(25-66-42)26(3)4)49-39-30(36)13-14-35(38(39)48)63-20-17-53-15-18-62-19-16-53/h13-14,21,25-29,33-34,37,40H,9-12,15-20,22-24H2,1-8H3,(H,51,56)(H,52,58)/t27-,28+,33-,34+,37+,40+,47+/m0/s1. The maximum atomic E-state index is 15.1. The maximum absolute atomic E-state index is 15.1. The number of carbonyl (C=O) groups is 4. The Kier molecular flexibility index (Phi) is 14.1. The van der Waals surface area contributed by atoms with Crippen LogP contribution in [-0.4, -0.2) is 144 Å². The number of hydrogen-bond acceptors (Lipinski definition) is 14. The van der Waals surface area contributed by atoms with Crippen LogP contribution in [0.5, 0.6) is 11.5 Å². The number of aromatic nitrogens is 2. The number of benzene rings is 1. The first-order valence-corrected chi connectivity index (χ1v) is 26.4. The molecule has 5 fully saturated rings. The lowest BCUT2D eigenvalue weighted by molar-refractivity contribution is -0.153. The van der Waals surface area contributed by atoms with E-state index in [0.717, 1.165) is 18.8 Å². The SMILES string of the molecule is CC[C@@H]1C[C@]1(NC(=O)[C@@H]1C[C@@H](Oc2cc(-c3nc(C(C)C)cs3)nc3c(Cl)c(OCCN4CCOCC4)ccc23)[C@H]2CN(C(=O)OC(C)(C)C)[C@H]([C@@H](C)CC)C(=O)N21)C(=O)NS(=O)(=O)C1CC1. The zero-order valence-corrected chi connectivity index (χ0v) is 42.0. The lowest BCUT2D eigenvalue weighted by Gasteiger charge is -2.46. The molecule has 4 amide bonds. The first kappa shape index (κ1) is 49.1. The molecule has 17 nitrogen and oxygen atoms in total. The molecule has 8 rings (SSSR count). The lowest BCUT2D eigenvalue weighted by Crippen LogP contribution is -2.68. The summed E-state index contributed by atoms with van der Waals surface area (Å²) in [5, 5.41) is 5.76. The molecule has 3 aliphatic heterocycles. The second-order valence-corrected chi connectivity index (χ2v) is 23.1. The Labute approximate surface area is 402 Å². The summed E-state index contributed by atoms with van der Waals surface area (Å²) in [4.78, 5) is 73.1. The van der Waals surface area contributed by atoms with Gasteiger partial charge in [-0.25, -0.2) is 23.2 Å². The molecule has 3 saturated heterocycles. The minimum atomic E-state index is -3.91. The molecule has 2 aromatic heterocycles. The predicted octanol–water partition coefficient (Wildman–Crippen LogP) is 6.12. The number of nitrogens with zero attached hydrogens (tertiary/aromatic N) is 5. The third-order valence-corrected chi connectivity index (χ3v) is 16.8. The minimum Gasteiger partial charge on any atom is -0.491 e. The molecule has 0 unspecified atom stereocenters. The third kappa shape index (κ3) is 10.2. The topological polar surface area (TPSA) is 199 Å². The van der Waals surface area contributed by atoms with E-state index in [1.54, 1.807) is 32.9 Å². The van der Waals surface area contributed by atoms with Gasteiger partial charge in [-0.15, -0.1) is 11.3 Å². The summed E-state index contributed by atoms with van der Waals surface area (Å²) in [6, 6.07) is 2.41. The van der Waals surface area contributed by atoms with Crippen molar-refractivity contribution < 1.29 is 46.5 Å². The average Bonchev–Trinajstić information content (AvgIpc) is 4.17. The molecule has 0 bridgehead atoms. The van der Waals surface area contributed by atoms with Gasteiger partial charge < -0.3 is 29.2 Å². The van der Waals surface area contributed by atoms with E-state index in [2.05, 4.69) is 28.8 Å². The number of piperazine rings is 1. The number of rotatable bonds is 16. The van der Waals surface area contributed by atoms with Gasteiger partial charge in [-0.1, -0.05) is 59.1 Å². The number of fused-ring (bicyclic) bond motifs is 2. The molecule has 0 radical (unpaired) electrons. The van der Waals surface area contributed by atoms with Crippen LogP contribution < -0.4 is 19.5 Å². The van der Waals surface area contributed by atoms with E-state index >= 15 is 4.79 Å². The predicted molar refractivity (Wildman–Crippen MR) is 254 cm³/mol. The number of carbonyl (C=O) groups excluding carboxylic acids is 4. The summed E-state index contributed by atoms with van der Waals surface area (Å²) >= 11 is 8.61. The maximum Gasteiger partial charge on any atom is 0.411 e. The van der Waals surface area contributed by atoms with E-state index in [4.69, 9.17) is 40.5 Å². The fraction of sp³-hybridized carbons (Fsp3) is 0.660. The van der Waals surface area contributed by atoms with Gasteiger partial charge in [-0.2, -0.15) is 0 Å². The van der Waals surface area contributed by atoms with Crippen molar-refractivity contribution in [2.45, 2.75) is 140 Å². The zero-order valence-electron chi connectivity index (χ0n) is 39.6. The Balaban J connectivity index is 1.17. The lowest BCUT2D eigenvalue weighted by atomic mass is 9.92. The van der Waals surface area contributed by atoms with Crippen LogP contribution in [0, 0.1) is 11.8 Å². The fourth-order valence-electron chi connectivity index (χ4n) is 9.43. The molecule has 366 valence electrons. The number of amides is 4. The zero-order chi connectivity index (χ0) is 48.2. The molecular formula is C47H64ClN7O10S2.